The Kier molecular flexibility index (Phi) is 5.68. The van der Waals surface area contributed by atoms with E-state index in [1.165, 1.54) is 7.11 Å². The van der Waals surface area contributed by atoms with Gasteiger partial charge in [-0.3, -0.25) is 15.6 Å². The number of benzene rings is 2. The first kappa shape index (κ1) is 17.5. The van der Waals surface area contributed by atoms with Crippen LogP contribution in [0.5, 0.6) is 5.75 Å². The quantitative estimate of drug-likeness (QED) is 0.364. The Morgan fingerprint density at radius 1 is 1.28 bits per heavy atom. The number of nitrogens with zero attached hydrogens (tertiary/aromatic N) is 2. The fourth-order valence-electron chi connectivity index (χ4n) is 1.93. The summed E-state index contributed by atoms with van der Waals surface area (Å²) < 4.78 is 5.24. The predicted molar refractivity (Wildman–Crippen MR) is 96.0 cm³/mol. The normalized spacial score (nSPS) is 10.5. The summed E-state index contributed by atoms with van der Waals surface area (Å²) >= 11 is 0. The minimum atomic E-state index is -0.443. The topological polar surface area (TPSA) is 136 Å². The van der Waals surface area contributed by atoms with E-state index in [0.717, 1.165) is 0 Å². The molecule has 0 atom stereocenters. The lowest BCUT2D eigenvalue weighted by molar-refractivity contribution is 0.102. The highest BCUT2D eigenvalue weighted by Crippen LogP contribution is 2.28. The van der Waals surface area contributed by atoms with Crippen LogP contribution in [0.25, 0.3) is 0 Å². The molecular weight excluding hydrogens is 320 g/mol. The molecule has 0 spiro atoms. The fraction of sp³-hybridized carbons (Fsp3) is 0.0588. The first-order chi connectivity index (χ1) is 12.0. The van der Waals surface area contributed by atoms with Crippen molar-refractivity contribution in [1.29, 1.82) is 10.7 Å². The Morgan fingerprint density at radius 2 is 2.00 bits per heavy atom. The lowest BCUT2D eigenvalue weighted by atomic mass is 10.2. The van der Waals surface area contributed by atoms with E-state index >= 15 is 0 Å². The number of hydrogen-bond acceptors (Lipinski definition) is 6. The summed E-state index contributed by atoms with van der Waals surface area (Å²) in [6.45, 7) is 0. The molecule has 0 aromatic heterocycles. The van der Waals surface area contributed by atoms with Crippen LogP contribution in [-0.2, 0) is 0 Å². The van der Waals surface area contributed by atoms with E-state index in [0.29, 0.717) is 22.7 Å². The van der Waals surface area contributed by atoms with E-state index in [-0.39, 0.29) is 11.6 Å². The molecule has 0 aliphatic rings. The van der Waals surface area contributed by atoms with E-state index in [2.05, 4.69) is 15.8 Å². The Labute approximate surface area is 144 Å². The summed E-state index contributed by atoms with van der Waals surface area (Å²) in [6, 6.07) is 15.3. The molecule has 0 aliphatic carbocycles. The number of ether oxygens (including phenoxy) is 1. The Bertz CT molecular complexity index is 855. The largest absolute Gasteiger partial charge is 0.495 e. The number of carbonyl (C=O) groups excluding carboxylic acids is 1. The average molecular weight is 336 g/mol. The minimum absolute atomic E-state index is 0.245. The van der Waals surface area contributed by atoms with Crippen molar-refractivity contribution in [2.75, 3.05) is 17.9 Å². The molecule has 8 nitrogen and oxygen atoms in total. The number of nitrogens with two attached hydrogens (primary N) is 1. The second-order valence-electron chi connectivity index (χ2n) is 4.83. The van der Waals surface area contributed by atoms with E-state index < -0.39 is 5.84 Å². The van der Waals surface area contributed by atoms with Gasteiger partial charge in [0.2, 0.25) is 5.71 Å². The summed E-state index contributed by atoms with van der Waals surface area (Å²) in [7, 11) is 1.49. The van der Waals surface area contributed by atoms with Gasteiger partial charge in [-0.2, -0.15) is 10.4 Å². The summed E-state index contributed by atoms with van der Waals surface area (Å²) in [6.07, 6.45) is 0. The molecule has 0 unspecified atom stereocenters. The summed E-state index contributed by atoms with van der Waals surface area (Å²) in [5, 5.41) is 22.6. The molecule has 0 fully saturated rings. The van der Waals surface area contributed by atoms with Crippen molar-refractivity contribution in [2.24, 2.45) is 10.8 Å². The molecule has 126 valence electrons. The van der Waals surface area contributed by atoms with Crippen LogP contribution in [0.4, 0.5) is 11.4 Å². The molecule has 0 saturated heterocycles. The number of anilines is 2. The molecule has 1 amide bonds. The maximum Gasteiger partial charge on any atom is 0.255 e. The van der Waals surface area contributed by atoms with Gasteiger partial charge in [-0.15, -0.1) is 0 Å². The average Bonchev–Trinajstić information content (AvgIpc) is 2.63. The van der Waals surface area contributed by atoms with Gasteiger partial charge in [0, 0.05) is 5.56 Å². The summed E-state index contributed by atoms with van der Waals surface area (Å²) in [5.74, 6) is -0.270. The molecule has 8 heteroatoms. The Morgan fingerprint density at radius 3 is 2.60 bits per heavy atom. The Hall–Kier alpha value is -3.86. The van der Waals surface area contributed by atoms with Crippen LogP contribution in [0.3, 0.4) is 0 Å². The van der Waals surface area contributed by atoms with Crippen LogP contribution >= 0.6 is 0 Å². The van der Waals surface area contributed by atoms with Crippen molar-refractivity contribution in [3.63, 3.8) is 0 Å². The van der Waals surface area contributed by atoms with Crippen molar-refractivity contribution in [2.45, 2.75) is 0 Å². The van der Waals surface area contributed by atoms with E-state index in [9.17, 15) is 4.79 Å². The number of nitrogens with one attached hydrogen (secondary N) is 3. The smallest absolute Gasteiger partial charge is 0.255 e. The van der Waals surface area contributed by atoms with Crippen LogP contribution in [-0.4, -0.2) is 24.6 Å². The van der Waals surface area contributed by atoms with Crippen molar-refractivity contribution >= 4 is 28.8 Å². The molecule has 0 heterocycles. The molecule has 25 heavy (non-hydrogen) atoms. The SMILES string of the molecule is COc1ccc(N/N=C(\C#N)C(=N)N)cc1NC(=O)c1ccccc1. The Balaban J connectivity index is 2.24. The molecule has 5 N–H and O–H groups in total. The first-order valence-corrected chi connectivity index (χ1v) is 7.17. The number of hydrogen-bond donors (Lipinski definition) is 4. The van der Waals surface area contributed by atoms with Crippen LogP contribution in [0.2, 0.25) is 0 Å². The maximum atomic E-state index is 12.3. The molecule has 0 saturated carbocycles. The molecule has 0 radical (unpaired) electrons. The molecule has 2 aromatic carbocycles. The lowest BCUT2D eigenvalue weighted by Crippen LogP contribution is -2.21. The highest BCUT2D eigenvalue weighted by molar-refractivity contribution is 6.45. The van der Waals surface area contributed by atoms with Crippen molar-refractivity contribution in [3.8, 4) is 11.8 Å². The highest BCUT2D eigenvalue weighted by atomic mass is 16.5. The fourth-order valence-corrected chi connectivity index (χ4v) is 1.93. The van der Waals surface area contributed by atoms with Crippen LogP contribution < -0.4 is 21.2 Å². The number of methoxy groups -OCH3 is 1. The molecule has 0 bridgehead atoms. The third kappa shape index (κ3) is 4.56. The van der Waals surface area contributed by atoms with Crippen molar-refractivity contribution < 1.29 is 9.53 Å². The van der Waals surface area contributed by atoms with E-state index in [4.69, 9.17) is 21.1 Å². The van der Waals surface area contributed by atoms with Gasteiger partial charge in [0.1, 0.15) is 11.8 Å². The monoisotopic (exact) mass is 336 g/mol. The number of hydrazone groups is 1. The number of nitriles is 1. The minimum Gasteiger partial charge on any atom is -0.495 e. The zero-order chi connectivity index (χ0) is 18.2. The molecule has 0 aliphatic heterocycles. The van der Waals surface area contributed by atoms with Gasteiger partial charge in [0.25, 0.3) is 5.91 Å². The number of amidine groups is 1. The summed E-state index contributed by atoms with van der Waals surface area (Å²) in [5.41, 5.74) is 9.02. The molecular formula is C17H16N6O2. The lowest BCUT2D eigenvalue weighted by Gasteiger charge is -2.12. The van der Waals surface area contributed by atoms with Crippen LogP contribution in [0, 0.1) is 16.7 Å². The van der Waals surface area contributed by atoms with Crippen LogP contribution in [0.15, 0.2) is 53.6 Å². The standard InChI is InChI=1S/C17H16N6O2/c1-25-15-8-7-12(22-23-14(10-18)16(19)20)9-13(15)21-17(24)11-5-3-2-4-6-11/h2-9,22H,1H3,(H3,19,20)(H,21,24)/b23-14+. The van der Waals surface area contributed by atoms with E-state index in [1.807, 2.05) is 6.07 Å². The van der Waals surface area contributed by atoms with Gasteiger partial charge >= 0.3 is 0 Å². The summed E-state index contributed by atoms with van der Waals surface area (Å²) in [4.78, 5) is 12.3. The maximum absolute atomic E-state index is 12.3. The van der Waals surface area contributed by atoms with Crippen molar-refractivity contribution in [1.82, 2.24) is 0 Å². The van der Waals surface area contributed by atoms with Gasteiger partial charge in [0.15, 0.2) is 5.84 Å². The highest BCUT2D eigenvalue weighted by Gasteiger charge is 2.10. The zero-order valence-corrected chi connectivity index (χ0v) is 13.4. The second kappa shape index (κ2) is 8.12. The third-order valence-electron chi connectivity index (χ3n) is 3.14. The first-order valence-electron chi connectivity index (χ1n) is 7.17. The van der Waals surface area contributed by atoms with Gasteiger partial charge in [-0.05, 0) is 30.3 Å². The van der Waals surface area contributed by atoms with Gasteiger partial charge < -0.3 is 15.8 Å². The molecule has 2 aromatic rings. The number of carbonyl (C=O) groups is 1. The third-order valence-corrected chi connectivity index (χ3v) is 3.14. The predicted octanol–water partition coefficient (Wildman–Crippen LogP) is 2.17. The van der Waals surface area contributed by atoms with Gasteiger partial charge in [0.05, 0.1) is 18.5 Å². The number of amides is 1. The van der Waals surface area contributed by atoms with E-state index in [1.54, 1.807) is 48.5 Å². The van der Waals surface area contributed by atoms with Gasteiger partial charge in [-0.1, -0.05) is 18.2 Å². The van der Waals surface area contributed by atoms with Gasteiger partial charge in [-0.25, -0.2) is 0 Å². The van der Waals surface area contributed by atoms with Crippen LogP contribution in [0.1, 0.15) is 10.4 Å². The number of rotatable bonds is 6. The van der Waals surface area contributed by atoms with Crippen molar-refractivity contribution in [3.05, 3.63) is 54.1 Å². The molecule has 2 rings (SSSR count). The second-order valence-corrected chi connectivity index (χ2v) is 4.83. The zero-order valence-electron chi connectivity index (χ0n) is 13.4.